The number of aromatic nitrogens is 1. The molecule has 0 atom stereocenters. The molecule has 1 aliphatic heterocycles. The maximum atomic E-state index is 4.80. The highest BCUT2D eigenvalue weighted by atomic mass is 32.1. The van der Waals surface area contributed by atoms with Crippen molar-refractivity contribution in [2.45, 2.75) is 19.8 Å². The van der Waals surface area contributed by atoms with E-state index in [1.54, 1.807) is 11.3 Å². The van der Waals surface area contributed by atoms with Crippen LogP contribution < -0.4 is 10.2 Å². The van der Waals surface area contributed by atoms with Gasteiger partial charge in [0.05, 0.1) is 5.69 Å². The normalized spacial score (nSPS) is 15.8. The van der Waals surface area contributed by atoms with E-state index in [1.807, 2.05) is 0 Å². The molecule has 1 saturated heterocycles. The molecule has 20 heavy (non-hydrogen) atoms. The second-order valence-corrected chi connectivity index (χ2v) is 6.37. The molecule has 0 radical (unpaired) electrons. The number of nitrogens with zero attached hydrogens (tertiary/aromatic N) is 2. The fraction of sp³-hybridized carbons (Fsp3) is 0.438. The molecule has 1 fully saturated rings. The van der Waals surface area contributed by atoms with Crippen LogP contribution in [0.15, 0.2) is 29.6 Å². The third-order valence-corrected chi connectivity index (χ3v) is 4.65. The minimum atomic E-state index is 0.580. The minimum Gasteiger partial charge on any atom is -0.346 e. The van der Waals surface area contributed by atoms with Crippen LogP contribution in [0.5, 0.6) is 0 Å². The molecular formula is C16H21N3S. The molecule has 0 saturated carbocycles. The van der Waals surface area contributed by atoms with Gasteiger partial charge >= 0.3 is 0 Å². The summed E-state index contributed by atoms with van der Waals surface area (Å²) in [7, 11) is 0. The summed E-state index contributed by atoms with van der Waals surface area (Å²) < 4.78 is 0. The van der Waals surface area contributed by atoms with Gasteiger partial charge < -0.3 is 10.2 Å². The lowest BCUT2D eigenvalue weighted by Crippen LogP contribution is -2.43. The molecule has 1 aliphatic rings. The Bertz CT molecular complexity index is 553. The number of rotatable bonds is 3. The van der Waals surface area contributed by atoms with Crippen LogP contribution in [0.25, 0.3) is 11.3 Å². The number of piperazine rings is 1. The third kappa shape index (κ3) is 2.86. The lowest BCUT2D eigenvalue weighted by atomic mass is 10.0. The fourth-order valence-electron chi connectivity index (χ4n) is 2.44. The zero-order valence-electron chi connectivity index (χ0n) is 12.1. The number of benzene rings is 1. The molecular weight excluding hydrogens is 266 g/mol. The Hall–Kier alpha value is -1.39. The van der Waals surface area contributed by atoms with Crippen molar-refractivity contribution in [3.63, 3.8) is 0 Å². The van der Waals surface area contributed by atoms with Gasteiger partial charge in [-0.1, -0.05) is 38.1 Å². The van der Waals surface area contributed by atoms with Gasteiger partial charge in [-0.05, 0) is 11.5 Å². The molecule has 106 valence electrons. The molecule has 2 aromatic rings. The molecule has 0 bridgehead atoms. The van der Waals surface area contributed by atoms with Gasteiger partial charge in [0, 0.05) is 37.1 Å². The molecule has 0 aliphatic carbocycles. The Balaban J connectivity index is 1.78. The quantitative estimate of drug-likeness (QED) is 0.938. The van der Waals surface area contributed by atoms with E-state index in [1.165, 1.54) is 11.1 Å². The van der Waals surface area contributed by atoms with Gasteiger partial charge in [0.1, 0.15) is 0 Å². The summed E-state index contributed by atoms with van der Waals surface area (Å²) in [5, 5.41) is 6.69. The van der Waals surface area contributed by atoms with Crippen molar-refractivity contribution in [3.8, 4) is 11.3 Å². The summed E-state index contributed by atoms with van der Waals surface area (Å²) in [6, 6.07) is 8.80. The van der Waals surface area contributed by atoms with Crippen LogP contribution in [0, 0.1) is 0 Å². The van der Waals surface area contributed by atoms with Gasteiger partial charge in [-0.15, -0.1) is 11.3 Å². The first-order valence-corrected chi connectivity index (χ1v) is 8.13. The maximum absolute atomic E-state index is 4.80. The van der Waals surface area contributed by atoms with Gasteiger partial charge in [-0.3, -0.25) is 0 Å². The zero-order valence-corrected chi connectivity index (χ0v) is 12.9. The van der Waals surface area contributed by atoms with Crippen LogP contribution in [0.2, 0.25) is 0 Å². The molecule has 2 heterocycles. The summed E-state index contributed by atoms with van der Waals surface area (Å²) in [5.41, 5.74) is 3.69. The molecule has 1 N–H and O–H groups in total. The van der Waals surface area contributed by atoms with Crippen molar-refractivity contribution in [2.75, 3.05) is 31.1 Å². The van der Waals surface area contributed by atoms with Crippen LogP contribution in [-0.4, -0.2) is 31.2 Å². The van der Waals surface area contributed by atoms with Gasteiger partial charge in [-0.25, -0.2) is 4.98 Å². The summed E-state index contributed by atoms with van der Waals surface area (Å²) in [6.07, 6.45) is 0. The van der Waals surface area contributed by atoms with Gasteiger partial charge in [0.2, 0.25) is 0 Å². The zero-order chi connectivity index (χ0) is 13.9. The van der Waals surface area contributed by atoms with Gasteiger partial charge in [-0.2, -0.15) is 0 Å². The van der Waals surface area contributed by atoms with E-state index < -0.39 is 0 Å². The van der Waals surface area contributed by atoms with E-state index in [4.69, 9.17) is 4.98 Å². The van der Waals surface area contributed by atoms with Crippen molar-refractivity contribution in [1.29, 1.82) is 0 Å². The first kappa shape index (κ1) is 13.6. The lowest BCUT2D eigenvalue weighted by Gasteiger charge is -2.26. The van der Waals surface area contributed by atoms with E-state index in [0.717, 1.165) is 37.0 Å². The molecule has 0 spiro atoms. The monoisotopic (exact) mass is 287 g/mol. The lowest BCUT2D eigenvalue weighted by molar-refractivity contribution is 0.588. The van der Waals surface area contributed by atoms with E-state index in [0.29, 0.717) is 5.92 Å². The minimum absolute atomic E-state index is 0.580. The number of anilines is 1. The van der Waals surface area contributed by atoms with Crippen molar-refractivity contribution in [3.05, 3.63) is 35.2 Å². The largest absolute Gasteiger partial charge is 0.346 e. The number of hydrogen-bond donors (Lipinski definition) is 1. The molecule has 0 amide bonds. The van der Waals surface area contributed by atoms with Gasteiger partial charge in [0.25, 0.3) is 0 Å². The summed E-state index contributed by atoms with van der Waals surface area (Å²) in [6.45, 7) is 8.66. The predicted octanol–water partition coefficient (Wildman–Crippen LogP) is 3.34. The Labute approximate surface area is 124 Å². The van der Waals surface area contributed by atoms with Crippen LogP contribution in [0.1, 0.15) is 25.3 Å². The first-order chi connectivity index (χ1) is 9.74. The summed E-state index contributed by atoms with van der Waals surface area (Å²) >= 11 is 1.75. The highest BCUT2D eigenvalue weighted by molar-refractivity contribution is 7.14. The van der Waals surface area contributed by atoms with Crippen molar-refractivity contribution < 1.29 is 0 Å². The highest BCUT2D eigenvalue weighted by Gasteiger charge is 2.14. The first-order valence-electron chi connectivity index (χ1n) is 7.25. The average Bonchev–Trinajstić information content (AvgIpc) is 2.98. The van der Waals surface area contributed by atoms with E-state index in [2.05, 4.69) is 53.7 Å². The number of thiazole rings is 1. The average molecular weight is 287 g/mol. The topological polar surface area (TPSA) is 28.2 Å². The van der Waals surface area contributed by atoms with Crippen molar-refractivity contribution >= 4 is 16.5 Å². The fourth-order valence-corrected chi connectivity index (χ4v) is 3.33. The maximum Gasteiger partial charge on any atom is 0.185 e. The molecule has 1 aromatic heterocycles. The standard InChI is InChI=1S/C16H21N3S/c1-12(2)13-3-5-14(6-4-13)15-11-20-16(18-15)19-9-7-17-8-10-19/h3-6,11-12,17H,7-10H2,1-2H3. The van der Waals surface area contributed by atoms with Crippen molar-refractivity contribution in [1.82, 2.24) is 10.3 Å². The van der Waals surface area contributed by atoms with Crippen molar-refractivity contribution in [2.24, 2.45) is 0 Å². The molecule has 1 aromatic carbocycles. The Morgan fingerprint density at radius 2 is 1.85 bits per heavy atom. The smallest absolute Gasteiger partial charge is 0.185 e. The SMILES string of the molecule is CC(C)c1ccc(-c2csc(N3CCNCC3)n2)cc1. The second-order valence-electron chi connectivity index (χ2n) is 5.53. The van der Waals surface area contributed by atoms with Crippen LogP contribution >= 0.6 is 11.3 Å². The highest BCUT2D eigenvalue weighted by Crippen LogP contribution is 2.28. The Morgan fingerprint density at radius 1 is 1.15 bits per heavy atom. The number of hydrogen-bond acceptors (Lipinski definition) is 4. The Morgan fingerprint density at radius 3 is 2.50 bits per heavy atom. The molecule has 4 heteroatoms. The second kappa shape index (κ2) is 5.94. The van der Waals surface area contributed by atoms with E-state index >= 15 is 0 Å². The summed E-state index contributed by atoms with van der Waals surface area (Å²) in [4.78, 5) is 7.16. The van der Waals surface area contributed by atoms with Crippen LogP contribution in [0.4, 0.5) is 5.13 Å². The molecule has 3 rings (SSSR count). The molecule has 3 nitrogen and oxygen atoms in total. The van der Waals surface area contributed by atoms with Crippen LogP contribution in [0.3, 0.4) is 0 Å². The summed E-state index contributed by atoms with van der Waals surface area (Å²) in [5.74, 6) is 0.580. The van der Waals surface area contributed by atoms with Gasteiger partial charge in [0.15, 0.2) is 5.13 Å². The molecule has 0 unspecified atom stereocenters. The van der Waals surface area contributed by atoms with Crippen LogP contribution in [-0.2, 0) is 0 Å². The Kier molecular flexibility index (Phi) is 4.03. The predicted molar refractivity (Wildman–Crippen MR) is 86.7 cm³/mol. The van der Waals surface area contributed by atoms with E-state index in [9.17, 15) is 0 Å². The third-order valence-electron chi connectivity index (χ3n) is 3.75. The number of nitrogens with one attached hydrogen (secondary N) is 1. The van der Waals surface area contributed by atoms with E-state index in [-0.39, 0.29) is 0 Å².